The molecule has 0 fully saturated rings. The van der Waals surface area contributed by atoms with Crippen molar-refractivity contribution in [1.82, 2.24) is 0 Å². The molecule has 0 saturated heterocycles. The van der Waals surface area contributed by atoms with E-state index in [1.165, 1.54) is 42.5 Å². The van der Waals surface area contributed by atoms with Gasteiger partial charge in [-0.3, -0.25) is 4.79 Å². The van der Waals surface area contributed by atoms with Gasteiger partial charge in [0.05, 0.1) is 11.6 Å². The number of ketones is 1. The van der Waals surface area contributed by atoms with Crippen LogP contribution >= 0.6 is 11.6 Å². The summed E-state index contributed by atoms with van der Waals surface area (Å²) in [5.74, 6) is -0.504. The number of hydrogen-bond donors (Lipinski definition) is 0. The van der Waals surface area contributed by atoms with E-state index in [9.17, 15) is 13.6 Å². The third-order valence-electron chi connectivity index (χ3n) is 2.87. The van der Waals surface area contributed by atoms with Gasteiger partial charge in [-0.25, -0.2) is 8.78 Å². The molecule has 21 heavy (non-hydrogen) atoms. The molecule has 0 aliphatic rings. The first kappa shape index (κ1) is 15.4. The van der Waals surface area contributed by atoms with Crippen molar-refractivity contribution < 1.29 is 18.3 Å². The van der Waals surface area contributed by atoms with E-state index in [1.807, 2.05) is 0 Å². The summed E-state index contributed by atoms with van der Waals surface area (Å²) in [6.07, 6.45) is 0.772. The molecular weight excluding hydrogens is 298 g/mol. The summed E-state index contributed by atoms with van der Waals surface area (Å²) < 4.78 is 31.0. The number of carbonyl (C=O) groups excluding carboxylic acids is 1. The lowest BCUT2D eigenvalue weighted by atomic mass is 10.1. The van der Waals surface area contributed by atoms with Crippen LogP contribution in [0.1, 0.15) is 23.2 Å². The van der Waals surface area contributed by atoms with E-state index in [-0.39, 0.29) is 29.7 Å². The molecule has 0 atom stereocenters. The zero-order chi connectivity index (χ0) is 15.2. The number of hydrogen-bond acceptors (Lipinski definition) is 2. The summed E-state index contributed by atoms with van der Waals surface area (Å²) in [7, 11) is 0. The monoisotopic (exact) mass is 310 g/mol. The summed E-state index contributed by atoms with van der Waals surface area (Å²) in [4.78, 5) is 11.8. The zero-order valence-electron chi connectivity index (χ0n) is 11.1. The van der Waals surface area contributed by atoms with Crippen LogP contribution in [0.25, 0.3) is 0 Å². The van der Waals surface area contributed by atoms with Crippen molar-refractivity contribution in [2.75, 3.05) is 6.61 Å². The minimum atomic E-state index is -0.432. The van der Waals surface area contributed by atoms with Crippen molar-refractivity contribution in [3.05, 3.63) is 64.7 Å². The molecule has 0 bridgehead atoms. The standard InChI is InChI=1S/C16H13ClF2O2/c17-14-10-13(19)7-8-16(14)21-9-1-2-15(20)11-3-5-12(18)6-4-11/h3-8,10H,1-2,9H2. The van der Waals surface area contributed by atoms with Crippen LogP contribution in [0.5, 0.6) is 5.75 Å². The van der Waals surface area contributed by atoms with Crippen molar-refractivity contribution in [2.24, 2.45) is 0 Å². The predicted molar refractivity (Wildman–Crippen MR) is 76.9 cm³/mol. The van der Waals surface area contributed by atoms with Gasteiger partial charge in [-0.15, -0.1) is 0 Å². The number of rotatable bonds is 6. The maximum absolute atomic E-state index is 12.8. The van der Waals surface area contributed by atoms with Crippen LogP contribution in [-0.4, -0.2) is 12.4 Å². The van der Waals surface area contributed by atoms with E-state index in [0.717, 1.165) is 0 Å². The fraction of sp³-hybridized carbons (Fsp3) is 0.188. The van der Waals surface area contributed by atoms with E-state index in [0.29, 0.717) is 17.7 Å². The van der Waals surface area contributed by atoms with Crippen LogP contribution in [0.2, 0.25) is 5.02 Å². The lowest BCUT2D eigenvalue weighted by Crippen LogP contribution is -2.04. The van der Waals surface area contributed by atoms with Gasteiger partial charge in [0.15, 0.2) is 5.78 Å². The number of ether oxygens (including phenoxy) is 1. The molecule has 110 valence electrons. The van der Waals surface area contributed by atoms with Gasteiger partial charge in [-0.05, 0) is 48.9 Å². The first-order chi connectivity index (χ1) is 10.1. The van der Waals surface area contributed by atoms with Crippen LogP contribution in [-0.2, 0) is 0 Å². The van der Waals surface area contributed by atoms with Crippen molar-refractivity contribution in [3.8, 4) is 5.75 Å². The Morgan fingerprint density at radius 3 is 2.38 bits per heavy atom. The summed E-state index contributed by atoms with van der Waals surface area (Å²) in [6.45, 7) is 0.290. The highest BCUT2D eigenvalue weighted by Crippen LogP contribution is 2.25. The number of carbonyl (C=O) groups is 1. The molecule has 0 unspecified atom stereocenters. The summed E-state index contributed by atoms with van der Waals surface area (Å²) in [5.41, 5.74) is 0.469. The van der Waals surface area contributed by atoms with E-state index < -0.39 is 5.82 Å². The third kappa shape index (κ3) is 4.53. The van der Waals surface area contributed by atoms with Crippen LogP contribution in [0, 0.1) is 11.6 Å². The first-order valence-electron chi connectivity index (χ1n) is 6.43. The molecule has 2 aromatic rings. The second-order valence-electron chi connectivity index (χ2n) is 4.46. The van der Waals surface area contributed by atoms with Gasteiger partial charge in [-0.2, -0.15) is 0 Å². The van der Waals surface area contributed by atoms with Gasteiger partial charge < -0.3 is 4.74 Å². The Morgan fingerprint density at radius 1 is 1.05 bits per heavy atom. The van der Waals surface area contributed by atoms with E-state index in [1.54, 1.807) is 0 Å². The number of halogens is 3. The van der Waals surface area contributed by atoms with E-state index in [4.69, 9.17) is 16.3 Å². The van der Waals surface area contributed by atoms with Crippen LogP contribution < -0.4 is 4.74 Å². The SMILES string of the molecule is O=C(CCCOc1ccc(F)cc1Cl)c1ccc(F)cc1. The molecule has 0 N–H and O–H groups in total. The average molecular weight is 311 g/mol. The molecule has 5 heteroatoms. The average Bonchev–Trinajstić information content (AvgIpc) is 2.46. The molecular formula is C16H13ClF2O2. The quantitative estimate of drug-likeness (QED) is 0.573. The number of benzene rings is 2. The first-order valence-corrected chi connectivity index (χ1v) is 6.80. The normalized spacial score (nSPS) is 10.4. The maximum Gasteiger partial charge on any atom is 0.163 e. The highest BCUT2D eigenvalue weighted by molar-refractivity contribution is 6.32. The van der Waals surface area contributed by atoms with Crippen molar-refractivity contribution >= 4 is 17.4 Å². The van der Waals surface area contributed by atoms with Crippen LogP contribution in [0.3, 0.4) is 0 Å². The van der Waals surface area contributed by atoms with Crippen molar-refractivity contribution in [3.63, 3.8) is 0 Å². The van der Waals surface area contributed by atoms with Crippen molar-refractivity contribution in [1.29, 1.82) is 0 Å². The number of Topliss-reactive ketones (excluding diaryl/α,β-unsaturated/α-hetero) is 1. The molecule has 0 saturated carbocycles. The minimum Gasteiger partial charge on any atom is -0.492 e. The van der Waals surface area contributed by atoms with Gasteiger partial charge in [0.25, 0.3) is 0 Å². The van der Waals surface area contributed by atoms with Gasteiger partial charge >= 0.3 is 0 Å². The Hall–Kier alpha value is -1.94. The fourth-order valence-electron chi connectivity index (χ4n) is 1.79. The molecule has 2 rings (SSSR count). The highest BCUT2D eigenvalue weighted by Gasteiger charge is 2.07. The predicted octanol–water partition coefficient (Wildman–Crippen LogP) is 4.66. The van der Waals surface area contributed by atoms with E-state index >= 15 is 0 Å². The zero-order valence-corrected chi connectivity index (χ0v) is 11.9. The molecule has 2 nitrogen and oxygen atoms in total. The topological polar surface area (TPSA) is 26.3 Å². The highest BCUT2D eigenvalue weighted by atomic mass is 35.5. The van der Waals surface area contributed by atoms with Crippen molar-refractivity contribution in [2.45, 2.75) is 12.8 Å². The largest absolute Gasteiger partial charge is 0.492 e. The summed E-state index contributed by atoms with van der Waals surface area (Å²) in [5, 5.41) is 0.194. The molecule has 0 aliphatic carbocycles. The summed E-state index contributed by atoms with van der Waals surface area (Å²) in [6, 6.07) is 9.28. The second-order valence-corrected chi connectivity index (χ2v) is 4.86. The lowest BCUT2D eigenvalue weighted by molar-refractivity contribution is 0.0973. The van der Waals surface area contributed by atoms with Gasteiger partial charge in [-0.1, -0.05) is 11.6 Å². The summed E-state index contributed by atoms with van der Waals surface area (Å²) >= 11 is 5.81. The Kier molecular flexibility index (Phi) is 5.28. The fourth-order valence-corrected chi connectivity index (χ4v) is 2.01. The molecule has 2 aromatic carbocycles. The Balaban J connectivity index is 1.79. The Morgan fingerprint density at radius 2 is 1.71 bits per heavy atom. The minimum absolute atomic E-state index is 0.0798. The Bertz CT molecular complexity index is 627. The molecule has 0 radical (unpaired) electrons. The van der Waals surface area contributed by atoms with Crippen LogP contribution in [0.15, 0.2) is 42.5 Å². The third-order valence-corrected chi connectivity index (χ3v) is 3.16. The smallest absolute Gasteiger partial charge is 0.163 e. The second kappa shape index (κ2) is 7.18. The molecule has 0 aromatic heterocycles. The van der Waals surface area contributed by atoms with Gasteiger partial charge in [0.1, 0.15) is 17.4 Å². The molecule has 0 heterocycles. The van der Waals surface area contributed by atoms with E-state index in [2.05, 4.69) is 0 Å². The van der Waals surface area contributed by atoms with Gasteiger partial charge in [0, 0.05) is 12.0 Å². The molecule has 0 spiro atoms. The van der Waals surface area contributed by atoms with Crippen LogP contribution in [0.4, 0.5) is 8.78 Å². The Labute approximate surface area is 126 Å². The molecule has 0 aliphatic heterocycles. The lowest BCUT2D eigenvalue weighted by Gasteiger charge is -2.07. The van der Waals surface area contributed by atoms with Gasteiger partial charge in [0.2, 0.25) is 0 Å². The molecule has 0 amide bonds. The maximum atomic E-state index is 12.8.